The van der Waals surface area contributed by atoms with Crippen LogP contribution in [0.25, 0.3) is 0 Å². The highest BCUT2D eigenvalue weighted by molar-refractivity contribution is 6.35. The molecule has 23 heavy (non-hydrogen) atoms. The Balaban J connectivity index is 2.53. The number of anilines is 1. The minimum absolute atomic E-state index is 0.261. The molecule has 2 N–H and O–H groups in total. The van der Waals surface area contributed by atoms with Crippen molar-refractivity contribution in [1.82, 2.24) is 9.97 Å². The SMILES string of the molecule is CCCc1nc(N)c(C(C)(C)C)c(Oc2ccc(Cl)cc2Cl)n1. The van der Waals surface area contributed by atoms with Crippen LogP contribution in [-0.2, 0) is 11.8 Å². The van der Waals surface area contributed by atoms with Gasteiger partial charge < -0.3 is 10.5 Å². The van der Waals surface area contributed by atoms with E-state index in [0.29, 0.717) is 33.3 Å². The second-order valence-electron chi connectivity index (χ2n) is 6.38. The van der Waals surface area contributed by atoms with Gasteiger partial charge in [0, 0.05) is 11.4 Å². The van der Waals surface area contributed by atoms with Crippen LogP contribution >= 0.6 is 23.2 Å². The minimum Gasteiger partial charge on any atom is -0.437 e. The number of hydrogen-bond donors (Lipinski definition) is 1. The Kier molecular flexibility index (Phi) is 5.37. The zero-order chi connectivity index (χ0) is 17.2. The van der Waals surface area contributed by atoms with Crippen molar-refractivity contribution in [3.05, 3.63) is 39.6 Å². The van der Waals surface area contributed by atoms with Crippen LogP contribution in [0, 0.1) is 0 Å². The zero-order valence-electron chi connectivity index (χ0n) is 13.8. The fourth-order valence-electron chi connectivity index (χ4n) is 2.28. The van der Waals surface area contributed by atoms with Crippen molar-refractivity contribution in [2.24, 2.45) is 0 Å². The maximum Gasteiger partial charge on any atom is 0.228 e. The molecule has 1 aromatic carbocycles. The van der Waals surface area contributed by atoms with Gasteiger partial charge in [-0.05, 0) is 30.0 Å². The Hall–Kier alpha value is -1.52. The highest BCUT2D eigenvalue weighted by atomic mass is 35.5. The molecule has 0 aliphatic carbocycles. The minimum atomic E-state index is -0.261. The lowest BCUT2D eigenvalue weighted by Gasteiger charge is -2.23. The number of nitrogens with zero attached hydrogens (tertiary/aromatic N) is 2. The van der Waals surface area contributed by atoms with Gasteiger partial charge in [0.2, 0.25) is 5.88 Å². The Bertz CT molecular complexity index is 712. The summed E-state index contributed by atoms with van der Waals surface area (Å²) in [4.78, 5) is 8.94. The van der Waals surface area contributed by atoms with E-state index < -0.39 is 0 Å². The van der Waals surface area contributed by atoms with Gasteiger partial charge in [-0.15, -0.1) is 0 Å². The molecule has 0 atom stereocenters. The lowest BCUT2D eigenvalue weighted by Crippen LogP contribution is -2.18. The number of aryl methyl sites for hydroxylation is 1. The second kappa shape index (κ2) is 6.93. The van der Waals surface area contributed by atoms with Crippen molar-refractivity contribution in [1.29, 1.82) is 0 Å². The van der Waals surface area contributed by atoms with Gasteiger partial charge in [-0.1, -0.05) is 50.9 Å². The van der Waals surface area contributed by atoms with Gasteiger partial charge in [0.15, 0.2) is 0 Å². The monoisotopic (exact) mass is 353 g/mol. The Labute approximate surface area is 147 Å². The van der Waals surface area contributed by atoms with Crippen molar-refractivity contribution < 1.29 is 4.74 Å². The normalized spacial score (nSPS) is 11.6. The molecule has 0 amide bonds. The van der Waals surface area contributed by atoms with Gasteiger partial charge in [0.05, 0.1) is 10.6 Å². The van der Waals surface area contributed by atoms with E-state index in [2.05, 4.69) is 16.9 Å². The van der Waals surface area contributed by atoms with Gasteiger partial charge in [0.25, 0.3) is 0 Å². The number of benzene rings is 1. The van der Waals surface area contributed by atoms with Crippen LogP contribution < -0.4 is 10.5 Å². The van der Waals surface area contributed by atoms with Crippen molar-refractivity contribution in [2.45, 2.75) is 46.0 Å². The first-order valence-electron chi connectivity index (χ1n) is 7.52. The molecular weight excluding hydrogens is 333 g/mol. The summed E-state index contributed by atoms with van der Waals surface area (Å²) in [6, 6.07) is 5.07. The van der Waals surface area contributed by atoms with Crippen molar-refractivity contribution >= 4 is 29.0 Å². The van der Waals surface area contributed by atoms with E-state index in [4.69, 9.17) is 33.7 Å². The Morgan fingerprint density at radius 3 is 2.43 bits per heavy atom. The summed E-state index contributed by atoms with van der Waals surface area (Å²) in [5.74, 6) is 2.04. The van der Waals surface area contributed by atoms with Crippen molar-refractivity contribution in [2.75, 3.05) is 5.73 Å². The van der Waals surface area contributed by atoms with E-state index in [0.717, 1.165) is 18.4 Å². The molecule has 0 spiro atoms. The average Bonchev–Trinajstić information content (AvgIpc) is 2.40. The third kappa shape index (κ3) is 4.27. The number of nitrogens with two attached hydrogens (primary N) is 1. The number of aromatic nitrogens is 2. The first kappa shape index (κ1) is 17.8. The van der Waals surface area contributed by atoms with Gasteiger partial charge in [-0.3, -0.25) is 0 Å². The molecule has 4 nitrogen and oxygen atoms in total. The molecule has 1 aromatic heterocycles. The van der Waals surface area contributed by atoms with E-state index in [1.165, 1.54) is 0 Å². The van der Waals surface area contributed by atoms with E-state index in [-0.39, 0.29) is 5.41 Å². The quantitative estimate of drug-likeness (QED) is 0.798. The molecule has 6 heteroatoms. The lowest BCUT2D eigenvalue weighted by molar-refractivity contribution is 0.433. The molecule has 124 valence electrons. The van der Waals surface area contributed by atoms with Gasteiger partial charge >= 0.3 is 0 Å². The summed E-state index contributed by atoms with van der Waals surface area (Å²) in [7, 11) is 0. The largest absolute Gasteiger partial charge is 0.437 e. The molecule has 0 bridgehead atoms. The summed E-state index contributed by atoms with van der Waals surface area (Å²) in [5, 5.41) is 0.971. The summed E-state index contributed by atoms with van der Waals surface area (Å²) in [5.41, 5.74) is 6.68. The standard InChI is InChI=1S/C17H21Cl2N3O/c1-5-6-13-21-15(20)14(17(2,3)4)16(22-13)23-12-8-7-10(18)9-11(12)19/h7-9H,5-6H2,1-4H3,(H2,20,21,22). The highest BCUT2D eigenvalue weighted by Crippen LogP contribution is 2.38. The Morgan fingerprint density at radius 2 is 1.87 bits per heavy atom. The lowest BCUT2D eigenvalue weighted by atomic mass is 9.87. The second-order valence-corrected chi connectivity index (χ2v) is 7.23. The molecular formula is C17H21Cl2N3O. The predicted octanol–water partition coefficient (Wildman–Crippen LogP) is 5.41. The number of halogens is 2. The maximum atomic E-state index is 6.20. The highest BCUT2D eigenvalue weighted by Gasteiger charge is 2.26. The summed E-state index contributed by atoms with van der Waals surface area (Å²) < 4.78 is 5.97. The van der Waals surface area contributed by atoms with Gasteiger partial charge in [-0.2, -0.15) is 4.98 Å². The van der Waals surface area contributed by atoms with E-state index >= 15 is 0 Å². The first-order chi connectivity index (χ1) is 10.7. The first-order valence-corrected chi connectivity index (χ1v) is 8.27. The third-order valence-electron chi connectivity index (χ3n) is 3.27. The number of rotatable bonds is 4. The van der Waals surface area contributed by atoms with Gasteiger partial charge in [-0.25, -0.2) is 4.98 Å². The number of ether oxygens (including phenoxy) is 1. The zero-order valence-corrected chi connectivity index (χ0v) is 15.3. The van der Waals surface area contributed by atoms with Crippen LogP contribution in [0.5, 0.6) is 11.6 Å². The molecule has 0 aliphatic heterocycles. The Morgan fingerprint density at radius 1 is 1.17 bits per heavy atom. The number of hydrogen-bond acceptors (Lipinski definition) is 4. The van der Waals surface area contributed by atoms with E-state index in [1.54, 1.807) is 18.2 Å². The van der Waals surface area contributed by atoms with E-state index in [1.807, 2.05) is 20.8 Å². The molecule has 0 saturated carbocycles. The molecule has 0 saturated heterocycles. The van der Waals surface area contributed by atoms with Crippen molar-refractivity contribution in [3.8, 4) is 11.6 Å². The van der Waals surface area contributed by atoms with Crippen molar-refractivity contribution in [3.63, 3.8) is 0 Å². The topological polar surface area (TPSA) is 61.0 Å². The van der Waals surface area contributed by atoms with Crippen LogP contribution in [0.15, 0.2) is 18.2 Å². The van der Waals surface area contributed by atoms with Gasteiger partial charge in [0.1, 0.15) is 17.4 Å². The molecule has 1 heterocycles. The van der Waals surface area contributed by atoms with Crippen LogP contribution in [-0.4, -0.2) is 9.97 Å². The summed E-state index contributed by atoms with van der Waals surface area (Å²) in [6.45, 7) is 8.18. The molecule has 0 radical (unpaired) electrons. The van der Waals surface area contributed by atoms with Crippen LogP contribution in [0.3, 0.4) is 0 Å². The summed E-state index contributed by atoms with van der Waals surface area (Å²) >= 11 is 12.1. The maximum absolute atomic E-state index is 6.20. The molecule has 2 aromatic rings. The molecule has 0 unspecified atom stereocenters. The molecule has 0 fully saturated rings. The van der Waals surface area contributed by atoms with E-state index in [9.17, 15) is 0 Å². The predicted molar refractivity (Wildman–Crippen MR) is 95.7 cm³/mol. The van der Waals surface area contributed by atoms with Crippen LogP contribution in [0.2, 0.25) is 10.0 Å². The smallest absolute Gasteiger partial charge is 0.228 e. The summed E-state index contributed by atoms with van der Waals surface area (Å²) in [6.07, 6.45) is 1.66. The van der Waals surface area contributed by atoms with Crippen LogP contribution in [0.1, 0.15) is 45.5 Å². The third-order valence-corrected chi connectivity index (χ3v) is 3.80. The molecule has 0 aliphatic rings. The van der Waals surface area contributed by atoms with Crippen LogP contribution in [0.4, 0.5) is 5.82 Å². The average molecular weight is 354 g/mol. The fraction of sp³-hybridized carbons (Fsp3) is 0.412. The number of nitrogen functional groups attached to an aromatic ring is 1. The molecule has 2 rings (SSSR count). The fourth-order valence-corrected chi connectivity index (χ4v) is 2.73.